The van der Waals surface area contributed by atoms with Crippen molar-refractivity contribution in [1.82, 2.24) is 10.2 Å². The summed E-state index contributed by atoms with van der Waals surface area (Å²) in [6, 6.07) is 7.89. The third-order valence-electron chi connectivity index (χ3n) is 3.34. The van der Waals surface area contributed by atoms with Crippen molar-refractivity contribution in [1.29, 1.82) is 0 Å². The minimum Gasteiger partial charge on any atom is -0.445 e. The lowest BCUT2D eigenvalue weighted by Crippen LogP contribution is -2.55. The van der Waals surface area contributed by atoms with Crippen LogP contribution in [0.1, 0.15) is 18.4 Å². The standard InChI is InChI=1S/C15H16F2N2O4/c16-12(17)8-19-13(20)7-6-11(14(19)21)18-15(22)23-9-10-4-2-1-3-5-10/h1-5,11-12H,6-9H2,(H,18,22)/t11-/m1/s1. The maximum Gasteiger partial charge on any atom is 0.408 e. The van der Waals surface area contributed by atoms with E-state index >= 15 is 0 Å². The molecule has 1 heterocycles. The van der Waals surface area contributed by atoms with Gasteiger partial charge in [-0.05, 0) is 12.0 Å². The first-order valence-corrected chi connectivity index (χ1v) is 7.07. The van der Waals surface area contributed by atoms with Crippen molar-refractivity contribution in [3.05, 3.63) is 35.9 Å². The Labute approximate surface area is 131 Å². The van der Waals surface area contributed by atoms with Crippen molar-refractivity contribution < 1.29 is 27.9 Å². The van der Waals surface area contributed by atoms with E-state index in [9.17, 15) is 23.2 Å². The number of carbonyl (C=O) groups is 3. The van der Waals surface area contributed by atoms with Gasteiger partial charge >= 0.3 is 6.09 Å². The maximum absolute atomic E-state index is 12.4. The Balaban J connectivity index is 1.87. The summed E-state index contributed by atoms with van der Waals surface area (Å²) in [5, 5.41) is 2.31. The highest BCUT2D eigenvalue weighted by Crippen LogP contribution is 2.15. The summed E-state index contributed by atoms with van der Waals surface area (Å²) in [5.74, 6) is -1.50. The van der Waals surface area contributed by atoms with Gasteiger partial charge in [-0.15, -0.1) is 0 Å². The van der Waals surface area contributed by atoms with E-state index in [0.29, 0.717) is 4.90 Å². The van der Waals surface area contributed by atoms with Gasteiger partial charge in [0.2, 0.25) is 5.91 Å². The highest BCUT2D eigenvalue weighted by Gasteiger charge is 2.36. The molecule has 0 radical (unpaired) electrons. The SMILES string of the molecule is O=C(N[C@@H]1CCC(=O)N(CC(F)F)C1=O)OCc1ccccc1. The number of halogens is 2. The summed E-state index contributed by atoms with van der Waals surface area (Å²) in [6.45, 7) is -0.942. The largest absolute Gasteiger partial charge is 0.445 e. The third-order valence-corrected chi connectivity index (χ3v) is 3.34. The van der Waals surface area contributed by atoms with Gasteiger partial charge in [-0.1, -0.05) is 30.3 Å². The number of hydrogen-bond acceptors (Lipinski definition) is 4. The van der Waals surface area contributed by atoms with Gasteiger partial charge in [0.25, 0.3) is 12.3 Å². The van der Waals surface area contributed by atoms with E-state index in [0.717, 1.165) is 5.56 Å². The lowest BCUT2D eigenvalue weighted by molar-refractivity contribution is -0.152. The first kappa shape index (κ1) is 16.9. The van der Waals surface area contributed by atoms with Crippen LogP contribution in [0.5, 0.6) is 0 Å². The smallest absolute Gasteiger partial charge is 0.408 e. The number of piperidine rings is 1. The molecule has 124 valence electrons. The van der Waals surface area contributed by atoms with Gasteiger partial charge in [-0.3, -0.25) is 14.5 Å². The van der Waals surface area contributed by atoms with Gasteiger partial charge in [-0.25, -0.2) is 13.6 Å². The second-order valence-corrected chi connectivity index (χ2v) is 5.03. The van der Waals surface area contributed by atoms with Gasteiger partial charge in [0.15, 0.2) is 0 Å². The van der Waals surface area contributed by atoms with E-state index in [1.54, 1.807) is 24.3 Å². The molecule has 3 amide bonds. The Hall–Kier alpha value is -2.51. The molecule has 0 aliphatic carbocycles. The number of ether oxygens (including phenoxy) is 1. The summed E-state index contributed by atoms with van der Waals surface area (Å²) >= 11 is 0. The van der Waals surface area contributed by atoms with E-state index in [-0.39, 0.29) is 19.4 Å². The van der Waals surface area contributed by atoms with Crippen LogP contribution in [0.3, 0.4) is 0 Å². The van der Waals surface area contributed by atoms with E-state index in [2.05, 4.69) is 5.32 Å². The fourth-order valence-corrected chi connectivity index (χ4v) is 2.21. The molecule has 1 aromatic carbocycles. The molecule has 1 atom stereocenters. The fourth-order valence-electron chi connectivity index (χ4n) is 2.21. The number of benzene rings is 1. The van der Waals surface area contributed by atoms with E-state index in [1.807, 2.05) is 6.07 Å². The molecule has 2 rings (SSSR count). The molecule has 1 aromatic rings. The Morgan fingerprint density at radius 3 is 2.65 bits per heavy atom. The molecule has 1 aliphatic rings. The van der Waals surface area contributed by atoms with Crippen molar-refractivity contribution in [2.45, 2.75) is 31.9 Å². The van der Waals surface area contributed by atoms with Crippen molar-refractivity contribution in [3.63, 3.8) is 0 Å². The van der Waals surface area contributed by atoms with Gasteiger partial charge in [0, 0.05) is 6.42 Å². The molecule has 1 fully saturated rings. The molecule has 0 spiro atoms. The van der Waals surface area contributed by atoms with Crippen LogP contribution in [0.4, 0.5) is 13.6 Å². The van der Waals surface area contributed by atoms with Crippen LogP contribution in [0.15, 0.2) is 30.3 Å². The number of nitrogens with one attached hydrogen (secondary N) is 1. The quantitative estimate of drug-likeness (QED) is 0.836. The number of hydrogen-bond donors (Lipinski definition) is 1. The Kier molecular flexibility index (Phi) is 5.61. The first-order valence-electron chi connectivity index (χ1n) is 7.07. The van der Waals surface area contributed by atoms with Crippen LogP contribution in [-0.4, -0.2) is 41.8 Å². The van der Waals surface area contributed by atoms with E-state index in [4.69, 9.17) is 4.74 Å². The predicted octanol–water partition coefficient (Wildman–Crippen LogP) is 1.70. The third kappa shape index (κ3) is 4.73. The molecule has 8 heteroatoms. The topological polar surface area (TPSA) is 75.7 Å². The van der Waals surface area contributed by atoms with Gasteiger partial charge in [-0.2, -0.15) is 0 Å². The lowest BCUT2D eigenvalue weighted by Gasteiger charge is -2.30. The molecule has 1 aliphatic heterocycles. The highest BCUT2D eigenvalue weighted by atomic mass is 19.3. The molecule has 0 unspecified atom stereocenters. The molecule has 23 heavy (non-hydrogen) atoms. The lowest BCUT2D eigenvalue weighted by atomic mass is 10.0. The van der Waals surface area contributed by atoms with Crippen molar-refractivity contribution in [2.75, 3.05) is 6.54 Å². The molecule has 0 saturated carbocycles. The summed E-state index contributed by atoms with van der Waals surface area (Å²) < 4.78 is 29.8. The molecule has 1 N–H and O–H groups in total. The van der Waals surface area contributed by atoms with Gasteiger partial charge in [0.05, 0.1) is 6.54 Å². The molecule has 6 nitrogen and oxygen atoms in total. The number of nitrogens with zero attached hydrogens (tertiary/aromatic N) is 1. The monoisotopic (exact) mass is 326 g/mol. The number of likely N-dealkylation sites (tertiary alicyclic amines) is 1. The minimum atomic E-state index is -2.81. The summed E-state index contributed by atoms with van der Waals surface area (Å²) in [6.07, 6.45) is -3.66. The summed E-state index contributed by atoms with van der Waals surface area (Å²) in [5.41, 5.74) is 0.770. The average molecular weight is 326 g/mol. The number of amides is 3. The number of carbonyl (C=O) groups excluding carboxylic acids is 3. The minimum absolute atomic E-state index is 0.0211. The normalized spacial score (nSPS) is 18.2. The fraction of sp³-hybridized carbons (Fsp3) is 0.400. The second kappa shape index (κ2) is 7.66. The van der Waals surface area contributed by atoms with Crippen LogP contribution in [0.25, 0.3) is 0 Å². The summed E-state index contributed by atoms with van der Waals surface area (Å²) in [7, 11) is 0. The predicted molar refractivity (Wildman–Crippen MR) is 75.5 cm³/mol. The van der Waals surface area contributed by atoms with Crippen molar-refractivity contribution >= 4 is 17.9 Å². The maximum atomic E-state index is 12.4. The molecular weight excluding hydrogens is 310 g/mol. The number of alkyl carbamates (subject to hydrolysis) is 1. The van der Waals surface area contributed by atoms with Crippen molar-refractivity contribution in [3.8, 4) is 0 Å². The summed E-state index contributed by atoms with van der Waals surface area (Å²) in [4.78, 5) is 35.7. The zero-order valence-corrected chi connectivity index (χ0v) is 12.2. The van der Waals surface area contributed by atoms with Crippen LogP contribution in [0, 0.1) is 0 Å². The van der Waals surface area contributed by atoms with Crippen LogP contribution in [0.2, 0.25) is 0 Å². The molecule has 1 saturated heterocycles. The van der Waals surface area contributed by atoms with Crippen LogP contribution >= 0.6 is 0 Å². The number of rotatable bonds is 5. The highest BCUT2D eigenvalue weighted by molar-refractivity contribution is 6.01. The molecular formula is C15H16F2N2O4. The van der Waals surface area contributed by atoms with Crippen LogP contribution in [-0.2, 0) is 20.9 Å². The van der Waals surface area contributed by atoms with Crippen molar-refractivity contribution in [2.24, 2.45) is 0 Å². The Morgan fingerprint density at radius 1 is 1.30 bits per heavy atom. The number of alkyl halides is 2. The zero-order chi connectivity index (χ0) is 16.8. The van der Waals surface area contributed by atoms with E-state index in [1.165, 1.54) is 0 Å². The van der Waals surface area contributed by atoms with Gasteiger partial charge in [0.1, 0.15) is 12.6 Å². The molecule has 0 aromatic heterocycles. The average Bonchev–Trinajstić information content (AvgIpc) is 2.53. The van der Waals surface area contributed by atoms with E-state index < -0.39 is 36.9 Å². The van der Waals surface area contributed by atoms with Gasteiger partial charge < -0.3 is 10.1 Å². The zero-order valence-electron chi connectivity index (χ0n) is 12.2. The molecule has 0 bridgehead atoms. The Bertz CT molecular complexity index is 580. The second-order valence-electron chi connectivity index (χ2n) is 5.03. The number of imide groups is 1. The Morgan fingerprint density at radius 2 is 2.00 bits per heavy atom. The first-order chi connectivity index (χ1) is 11.0. The van der Waals surface area contributed by atoms with Crippen LogP contribution < -0.4 is 5.32 Å².